The average molecular weight is 443 g/mol. The predicted molar refractivity (Wildman–Crippen MR) is 122 cm³/mol. The second kappa shape index (κ2) is 9.62. The Labute approximate surface area is 188 Å². The molecule has 9 nitrogen and oxygen atoms in total. The van der Waals surface area contributed by atoms with Gasteiger partial charge in [-0.1, -0.05) is 0 Å². The Bertz CT molecular complexity index is 912. The molecule has 2 aromatic heterocycles. The van der Waals surface area contributed by atoms with Crippen LogP contribution < -0.4 is 5.32 Å². The molecule has 2 saturated heterocycles. The smallest absolute Gasteiger partial charge is 0.409 e. The van der Waals surface area contributed by atoms with Crippen LogP contribution in [0.5, 0.6) is 0 Å². The molecule has 5 rings (SSSR count). The number of aromatic amines is 1. The quantitative estimate of drug-likeness (QED) is 0.752. The van der Waals surface area contributed by atoms with E-state index in [1.165, 1.54) is 25.5 Å². The first kappa shape index (κ1) is 21.5. The molecule has 174 valence electrons. The molecule has 1 saturated carbocycles. The highest BCUT2D eigenvalue weighted by Gasteiger charge is 2.30. The lowest BCUT2D eigenvalue weighted by atomic mass is 9.89. The van der Waals surface area contributed by atoms with Gasteiger partial charge < -0.3 is 24.7 Å². The first-order valence-electron chi connectivity index (χ1n) is 12.0. The van der Waals surface area contributed by atoms with Gasteiger partial charge in [-0.05, 0) is 50.0 Å². The van der Waals surface area contributed by atoms with Gasteiger partial charge in [0.2, 0.25) is 0 Å². The van der Waals surface area contributed by atoms with Crippen LogP contribution in [0.3, 0.4) is 0 Å². The van der Waals surface area contributed by atoms with E-state index in [1.54, 1.807) is 11.2 Å². The van der Waals surface area contributed by atoms with Crippen molar-refractivity contribution in [2.75, 3.05) is 51.8 Å². The van der Waals surface area contributed by atoms with E-state index >= 15 is 0 Å². The number of aromatic nitrogens is 3. The second-order valence-corrected chi connectivity index (χ2v) is 9.22. The Morgan fingerprint density at radius 3 is 2.56 bits per heavy atom. The zero-order chi connectivity index (χ0) is 21.9. The standard InChI is InChI=1S/C23H34N6O3/c1-31-23(30)29-10-8-28(9-11-29)18-4-2-17(3-5-18)27-22-20-19(16-6-12-32-13-7-16)14-24-21(20)25-15-26-22/h14-18H,2-13H2,1H3,(H2,24,25,26,27). The summed E-state index contributed by atoms with van der Waals surface area (Å²) >= 11 is 0. The molecule has 0 unspecified atom stereocenters. The number of carbonyl (C=O) groups excluding carboxylic acids is 1. The molecule has 3 fully saturated rings. The fraction of sp³-hybridized carbons (Fsp3) is 0.696. The number of nitrogens with one attached hydrogen (secondary N) is 2. The zero-order valence-corrected chi connectivity index (χ0v) is 18.9. The van der Waals surface area contributed by atoms with Crippen LogP contribution in [0.15, 0.2) is 12.5 Å². The lowest BCUT2D eigenvalue weighted by molar-refractivity contribution is 0.0642. The van der Waals surface area contributed by atoms with Crippen molar-refractivity contribution in [2.45, 2.75) is 56.5 Å². The lowest BCUT2D eigenvalue weighted by Crippen LogP contribution is -2.53. The van der Waals surface area contributed by atoms with Gasteiger partial charge >= 0.3 is 6.09 Å². The molecule has 32 heavy (non-hydrogen) atoms. The number of rotatable bonds is 4. The third kappa shape index (κ3) is 4.41. The number of methoxy groups -OCH3 is 1. The Kier molecular flexibility index (Phi) is 6.45. The lowest BCUT2D eigenvalue weighted by Gasteiger charge is -2.41. The van der Waals surface area contributed by atoms with E-state index in [4.69, 9.17) is 9.47 Å². The van der Waals surface area contributed by atoms with E-state index in [-0.39, 0.29) is 6.09 Å². The number of carbonyl (C=O) groups is 1. The van der Waals surface area contributed by atoms with Crippen LogP contribution in [0.25, 0.3) is 11.0 Å². The molecular formula is C23H34N6O3. The summed E-state index contributed by atoms with van der Waals surface area (Å²) in [6.45, 7) is 5.03. The molecule has 0 radical (unpaired) electrons. The highest BCUT2D eigenvalue weighted by molar-refractivity contribution is 5.91. The van der Waals surface area contributed by atoms with Crippen LogP contribution in [0.1, 0.15) is 50.0 Å². The molecule has 2 aliphatic heterocycles. The van der Waals surface area contributed by atoms with E-state index < -0.39 is 0 Å². The van der Waals surface area contributed by atoms with Gasteiger partial charge in [0.05, 0.1) is 12.5 Å². The van der Waals surface area contributed by atoms with Gasteiger partial charge in [-0.3, -0.25) is 4.90 Å². The van der Waals surface area contributed by atoms with Gasteiger partial charge in [-0.15, -0.1) is 0 Å². The fourth-order valence-corrected chi connectivity index (χ4v) is 5.60. The first-order valence-corrected chi connectivity index (χ1v) is 12.0. The summed E-state index contributed by atoms with van der Waals surface area (Å²) in [4.78, 5) is 28.5. The maximum absolute atomic E-state index is 11.7. The molecule has 0 aromatic carbocycles. The largest absolute Gasteiger partial charge is 0.453 e. The van der Waals surface area contributed by atoms with E-state index in [2.05, 4.69) is 31.4 Å². The summed E-state index contributed by atoms with van der Waals surface area (Å²) in [6, 6.07) is 1.03. The van der Waals surface area contributed by atoms with Crippen molar-refractivity contribution in [3.63, 3.8) is 0 Å². The van der Waals surface area contributed by atoms with Crippen molar-refractivity contribution in [2.24, 2.45) is 0 Å². The van der Waals surface area contributed by atoms with Crippen LogP contribution in [0.2, 0.25) is 0 Å². The summed E-state index contributed by atoms with van der Waals surface area (Å²) in [6.07, 6.45) is 10.3. The number of piperazine rings is 1. The Morgan fingerprint density at radius 1 is 1.09 bits per heavy atom. The molecule has 0 atom stereocenters. The van der Waals surface area contributed by atoms with E-state index in [0.717, 1.165) is 81.9 Å². The second-order valence-electron chi connectivity index (χ2n) is 9.22. The minimum Gasteiger partial charge on any atom is -0.453 e. The van der Waals surface area contributed by atoms with Crippen LogP contribution in [-0.2, 0) is 9.47 Å². The maximum Gasteiger partial charge on any atom is 0.409 e. The number of H-pyrrole nitrogens is 1. The summed E-state index contributed by atoms with van der Waals surface area (Å²) in [5.74, 6) is 1.47. The van der Waals surface area contributed by atoms with Crippen LogP contribution in [0, 0.1) is 0 Å². The molecule has 1 aliphatic carbocycles. The maximum atomic E-state index is 11.7. The molecular weight excluding hydrogens is 408 g/mol. The highest BCUT2D eigenvalue weighted by Crippen LogP contribution is 2.36. The summed E-state index contributed by atoms with van der Waals surface area (Å²) in [7, 11) is 1.45. The van der Waals surface area contributed by atoms with Crippen molar-refractivity contribution in [3.05, 3.63) is 18.1 Å². The van der Waals surface area contributed by atoms with Crippen molar-refractivity contribution >= 4 is 22.9 Å². The van der Waals surface area contributed by atoms with Gasteiger partial charge in [0.15, 0.2) is 0 Å². The van der Waals surface area contributed by atoms with Gasteiger partial charge in [0, 0.05) is 57.7 Å². The van der Waals surface area contributed by atoms with E-state index in [9.17, 15) is 4.79 Å². The number of hydrogen-bond donors (Lipinski definition) is 2. The third-order valence-corrected chi connectivity index (χ3v) is 7.46. The van der Waals surface area contributed by atoms with E-state index in [0.29, 0.717) is 18.0 Å². The van der Waals surface area contributed by atoms with Crippen molar-refractivity contribution in [3.8, 4) is 0 Å². The first-order chi connectivity index (χ1) is 15.7. The SMILES string of the molecule is COC(=O)N1CCN(C2CCC(Nc3ncnc4[nH]cc(C5CCOCC5)c34)CC2)CC1. The van der Waals surface area contributed by atoms with Gasteiger partial charge in [-0.25, -0.2) is 14.8 Å². The summed E-state index contributed by atoms with van der Waals surface area (Å²) < 4.78 is 10.4. The zero-order valence-electron chi connectivity index (χ0n) is 18.9. The number of hydrogen-bond acceptors (Lipinski definition) is 7. The fourth-order valence-electron chi connectivity index (χ4n) is 5.60. The van der Waals surface area contributed by atoms with Crippen LogP contribution in [0.4, 0.5) is 10.6 Å². The van der Waals surface area contributed by atoms with Crippen molar-refractivity contribution in [1.82, 2.24) is 24.8 Å². The van der Waals surface area contributed by atoms with Gasteiger partial charge in [0.1, 0.15) is 17.8 Å². The Hall–Kier alpha value is -2.39. The normalized spacial score (nSPS) is 25.7. The van der Waals surface area contributed by atoms with Crippen LogP contribution >= 0.6 is 0 Å². The van der Waals surface area contributed by atoms with Crippen molar-refractivity contribution in [1.29, 1.82) is 0 Å². The molecule has 4 heterocycles. The molecule has 1 amide bonds. The molecule has 0 bridgehead atoms. The molecule has 3 aliphatic rings. The number of fused-ring (bicyclic) bond motifs is 1. The molecule has 0 spiro atoms. The molecule has 2 N–H and O–H groups in total. The van der Waals surface area contributed by atoms with Crippen molar-refractivity contribution < 1.29 is 14.3 Å². The number of anilines is 1. The summed E-state index contributed by atoms with van der Waals surface area (Å²) in [5.41, 5.74) is 2.24. The molecule has 9 heteroatoms. The predicted octanol–water partition coefficient (Wildman–Crippen LogP) is 2.96. The van der Waals surface area contributed by atoms with Crippen LogP contribution in [-0.4, -0.2) is 89.4 Å². The van der Waals surface area contributed by atoms with E-state index in [1.807, 2.05) is 0 Å². The summed E-state index contributed by atoms with van der Waals surface area (Å²) in [5, 5.41) is 4.91. The monoisotopic (exact) mass is 442 g/mol. The van der Waals surface area contributed by atoms with Gasteiger partial charge in [-0.2, -0.15) is 0 Å². The average Bonchev–Trinajstić information content (AvgIpc) is 3.30. The highest BCUT2D eigenvalue weighted by atomic mass is 16.5. The topological polar surface area (TPSA) is 95.6 Å². The number of nitrogens with zero attached hydrogens (tertiary/aromatic N) is 4. The number of amides is 1. The van der Waals surface area contributed by atoms with Gasteiger partial charge in [0.25, 0.3) is 0 Å². The molecule has 2 aromatic rings. The Balaban J connectivity index is 1.20. The minimum absolute atomic E-state index is 0.210. The minimum atomic E-state index is -0.210. The Morgan fingerprint density at radius 2 is 1.84 bits per heavy atom. The third-order valence-electron chi connectivity index (χ3n) is 7.46. The number of ether oxygens (including phenoxy) is 2.